The van der Waals surface area contributed by atoms with Crippen LogP contribution in [0.5, 0.6) is 0 Å². The van der Waals surface area contributed by atoms with Crippen molar-refractivity contribution in [2.75, 3.05) is 36.8 Å². The minimum absolute atomic E-state index is 0.236. The van der Waals surface area contributed by atoms with E-state index in [9.17, 15) is 4.79 Å². The zero-order valence-electron chi connectivity index (χ0n) is 11.6. The maximum atomic E-state index is 11.9. The molecule has 0 aliphatic heterocycles. The van der Waals surface area contributed by atoms with Crippen LogP contribution in [0.1, 0.15) is 17.3 Å². The minimum atomic E-state index is -0.438. The van der Waals surface area contributed by atoms with Crippen molar-refractivity contribution in [1.82, 2.24) is 0 Å². The molecule has 1 aromatic carbocycles. The summed E-state index contributed by atoms with van der Waals surface area (Å²) in [4.78, 5) is 13.8. The Morgan fingerprint density at radius 3 is 2.74 bits per heavy atom. The molecule has 106 valence electrons. The molecular formula is C13H19ClN2O2S. The van der Waals surface area contributed by atoms with Crippen LogP contribution in [0.4, 0.5) is 11.4 Å². The van der Waals surface area contributed by atoms with Crippen molar-refractivity contribution in [3.05, 3.63) is 22.7 Å². The molecule has 0 amide bonds. The predicted octanol–water partition coefficient (Wildman–Crippen LogP) is 2.90. The largest absolute Gasteiger partial charge is 0.465 e. The third-order valence-electron chi connectivity index (χ3n) is 2.91. The summed E-state index contributed by atoms with van der Waals surface area (Å²) in [6.45, 7) is 2.07. The summed E-state index contributed by atoms with van der Waals surface area (Å²) in [5.41, 5.74) is 7.23. The normalized spacial score (nSPS) is 12.1. The highest BCUT2D eigenvalue weighted by atomic mass is 35.5. The molecule has 0 fully saturated rings. The molecule has 0 radical (unpaired) electrons. The van der Waals surface area contributed by atoms with Crippen LogP contribution in [0.3, 0.4) is 0 Å². The van der Waals surface area contributed by atoms with E-state index >= 15 is 0 Å². The van der Waals surface area contributed by atoms with Gasteiger partial charge in [0.05, 0.1) is 23.4 Å². The average Bonchev–Trinajstić information content (AvgIpc) is 2.36. The van der Waals surface area contributed by atoms with Crippen molar-refractivity contribution in [1.29, 1.82) is 0 Å². The Morgan fingerprint density at radius 2 is 2.21 bits per heavy atom. The number of thioether (sulfide) groups is 1. The summed E-state index contributed by atoms with van der Waals surface area (Å²) in [6, 6.07) is 3.47. The number of benzene rings is 1. The number of rotatable bonds is 5. The fourth-order valence-corrected chi connectivity index (χ4v) is 2.88. The second kappa shape index (κ2) is 6.91. The molecule has 1 rings (SSSR count). The van der Waals surface area contributed by atoms with Crippen molar-refractivity contribution in [2.45, 2.75) is 13.0 Å². The van der Waals surface area contributed by atoms with Crippen molar-refractivity contribution in [3.8, 4) is 0 Å². The first-order valence-electron chi connectivity index (χ1n) is 5.81. The molecule has 4 nitrogen and oxygen atoms in total. The van der Waals surface area contributed by atoms with Crippen LogP contribution in [0.2, 0.25) is 5.02 Å². The average molecular weight is 303 g/mol. The minimum Gasteiger partial charge on any atom is -0.465 e. The van der Waals surface area contributed by atoms with E-state index in [0.29, 0.717) is 22.0 Å². The Kier molecular flexibility index (Phi) is 5.82. The Hall–Kier alpha value is -1.07. The first-order valence-corrected chi connectivity index (χ1v) is 7.58. The Balaban J connectivity index is 3.28. The lowest BCUT2D eigenvalue weighted by molar-refractivity contribution is 0.0601. The molecule has 0 heterocycles. The summed E-state index contributed by atoms with van der Waals surface area (Å²) in [7, 11) is 3.25. The van der Waals surface area contributed by atoms with Gasteiger partial charge in [-0.05, 0) is 25.3 Å². The zero-order chi connectivity index (χ0) is 14.6. The number of methoxy groups -OCH3 is 1. The molecule has 0 saturated carbocycles. The van der Waals surface area contributed by atoms with Gasteiger partial charge < -0.3 is 15.4 Å². The second-order valence-electron chi connectivity index (χ2n) is 4.31. The third kappa shape index (κ3) is 3.70. The molecule has 6 heteroatoms. The van der Waals surface area contributed by atoms with Crippen LogP contribution in [0.15, 0.2) is 12.1 Å². The topological polar surface area (TPSA) is 55.6 Å². The second-order valence-corrected chi connectivity index (χ2v) is 5.62. The van der Waals surface area contributed by atoms with Gasteiger partial charge in [0.15, 0.2) is 0 Å². The quantitative estimate of drug-likeness (QED) is 0.669. The van der Waals surface area contributed by atoms with Gasteiger partial charge in [0.25, 0.3) is 0 Å². The number of carbonyl (C=O) groups excluding carboxylic acids is 1. The number of hydrogen-bond acceptors (Lipinski definition) is 5. The van der Waals surface area contributed by atoms with Crippen LogP contribution in [0.25, 0.3) is 0 Å². The third-order valence-corrected chi connectivity index (χ3v) is 4.02. The number of nitrogens with two attached hydrogens (primary N) is 1. The molecule has 0 aromatic heterocycles. The Bertz CT molecular complexity index is 468. The van der Waals surface area contributed by atoms with Gasteiger partial charge in [-0.1, -0.05) is 11.6 Å². The monoisotopic (exact) mass is 302 g/mol. The highest BCUT2D eigenvalue weighted by molar-refractivity contribution is 7.98. The van der Waals surface area contributed by atoms with E-state index in [1.54, 1.807) is 23.9 Å². The predicted molar refractivity (Wildman–Crippen MR) is 83.5 cm³/mol. The maximum absolute atomic E-state index is 11.9. The van der Waals surface area contributed by atoms with E-state index in [1.165, 1.54) is 7.11 Å². The molecule has 0 spiro atoms. The Labute approximate surface area is 123 Å². The number of carbonyl (C=O) groups is 1. The van der Waals surface area contributed by atoms with Crippen LogP contribution in [-0.2, 0) is 4.74 Å². The first-order chi connectivity index (χ1) is 8.92. The van der Waals surface area contributed by atoms with Gasteiger partial charge >= 0.3 is 5.97 Å². The molecule has 0 aliphatic rings. The van der Waals surface area contributed by atoms with Gasteiger partial charge in [-0.2, -0.15) is 11.8 Å². The van der Waals surface area contributed by atoms with E-state index in [0.717, 1.165) is 5.75 Å². The molecule has 0 saturated heterocycles. The molecule has 0 aliphatic carbocycles. The van der Waals surface area contributed by atoms with Crippen LogP contribution < -0.4 is 10.6 Å². The molecule has 1 atom stereocenters. The lowest BCUT2D eigenvalue weighted by atomic mass is 10.1. The number of ether oxygens (including phenoxy) is 1. The van der Waals surface area contributed by atoms with E-state index in [4.69, 9.17) is 22.1 Å². The zero-order valence-corrected chi connectivity index (χ0v) is 13.1. The molecule has 1 unspecified atom stereocenters. The van der Waals surface area contributed by atoms with Crippen molar-refractivity contribution >= 4 is 40.7 Å². The highest BCUT2D eigenvalue weighted by Gasteiger charge is 2.22. The fourth-order valence-electron chi connectivity index (χ4n) is 1.82. The summed E-state index contributed by atoms with van der Waals surface area (Å²) in [5, 5.41) is 0.454. The summed E-state index contributed by atoms with van der Waals surface area (Å²) < 4.78 is 4.79. The SMILES string of the molecule is COC(=O)c1cc(N)cc(Cl)c1N(C)C(C)CSC. The summed E-state index contributed by atoms with van der Waals surface area (Å²) in [5.74, 6) is 0.491. The number of halogens is 1. The van der Waals surface area contributed by atoms with Gasteiger partial charge in [-0.15, -0.1) is 0 Å². The van der Waals surface area contributed by atoms with Gasteiger partial charge in [-0.3, -0.25) is 0 Å². The number of nitrogen functional groups attached to an aromatic ring is 1. The first kappa shape index (κ1) is 16.0. The number of anilines is 2. The van der Waals surface area contributed by atoms with E-state index in [2.05, 4.69) is 6.92 Å². The number of esters is 1. The van der Waals surface area contributed by atoms with E-state index in [1.807, 2.05) is 18.2 Å². The lowest BCUT2D eigenvalue weighted by Gasteiger charge is -2.29. The lowest BCUT2D eigenvalue weighted by Crippen LogP contribution is -2.32. The van der Waals surface area contributed by atoms with Crippen LogP contribution in [0, 0.1) is 0 Å². The Morgan fingerprint density at radius 1 is 1.58 bits per heavy atom. The smallest absolute Gasteiger partial charge is 0.340 e. The van der Waals surface area contributed by atoms with Gasteiger partial charge in [0, 0.05) is 24.5 Å². The molecule has 19 heavy (non-hydrogen) atoms. The van der Waals surface area contributed by atoms with Crippen molar-refractivity contribution in [3.63, 3.8) is 0 Å². The van der Waals surface area contributed by atoms with E-state index in [-0.39, 0.29) is 6.04 Å². The molecular weight excluding hydrogens is 284 g/mol. The van der Waals surface area contributed by atoms with Crippen molar-refractivity contribution in [2.24, 2.45) is 0 Å². The standard InChI is InChI=1S/C13H19ClN2O2S/c1-8(7-19-4)16(2)12-10(13(17)18-3)5-9(15)6-11(12)14/h5-6,8H,7,15H2,1-4H3. The molecule has 2 N–H and O–H groups in total. The summed E-state index contributed by atoms with van der Waals surface area (Å²) >= 11 is 7.97. The van der Waals surface area contributed by atoms with Gasteiger partial charge in [0.2, 0.25) is 0 Å². The van der Waals surface area contributed by atoms with Crippen molar-refractivity contribution < 1.29 is 9.53 Å². The van der Waals surface area contributed by atoms with E-state index < -0.39 is 5.97 Å². The van der Waals surface area contributed by atoms with Crippen LogP contribution >= 0.6 is 23.4 Å². The fraction of sp³-hybridized carbons (Fsp3) is 0.462. The summed E-state index contributed by atoms with van der Waals surface area (Å²) in [6.07, 6.45) is 2.04. The maximum Gasteiger partial charge on any atom is 0.340 e. The number of nitrogens with zero attached hydrogens (tertiary/aromatic N) is 1. The molecule has 0 bridgehead atoms. The van der Waals surface area contributed by atoms with Crippen LogP contribution in [-0.4, -0.2) is 38.2 Å². The molecule has 1 aromatic rings. The van der Waals surface area contributed by atoms with Gasteiger partial charge in [-0.25, -0.2) is 4.79 Å². The highest BCUT2D eigenvalue weighted by Crippen LogP contribution is 2.33. The van der Waals surface area contributed by atoms with Gasteiger partial charge in [0.1, 0.15) is 0 Å². The number of hydrogen-bond donors (Lipinski definition) is 1.